The smallest absolute Gasteiger partial charge is 0.293 e. The molecule has 0 bridgehead atoms. The van der Waals surface area contributed by atoms with Crippen LogP contribution in [0.15, 0.2) is 23.1 Å². The molecule has 27 heavy (non-hydrogen) atoms. The summed E-state index contributed by atoms with van der Waals surface area (Å²) in [5.74, 6) is -0.0851. The van der Waals surface area contributed by atoms with Crippen LogP contribution in [0, 0.1) is 10.1 Å². The van der Waals surface area contributed by atoms with E-state index in [1.54, 1.807) is 11.9 Å². The largest absolute Gasteiger partial charge is 0.360 e. The number of likely N-dealkylation sites (N-methyl/N-ethyl adjacent to an activating group) is 1. The predicted octanol–water partition coefficient (Wildman–Crippen LogP) is 1.44. The van der Waals surface area contributed by atoms with Gasteiger partial charge >= 0.3 is 0 Å². The highest BCUT2D eigenvalue weighted by Gasteiger charge is 2.30. The van der Waals surface area contributed by atoms with Gasteiger partial charge in [0, 0.05) is 39.3 Å². The topological polar surface area (TPSA) is 104 Å². The van der Waals surface area contributed by atoms with Crippen molar-refractivity contribution in [1.29, 1.82) is 0 Å². The van der Waals surface area contributed by atoms with Crippen LogP contribution in [0.3, 0.4) is 0 Å². The van der Waals surface area contributed by atoms with Crippen molar-refractivity contribution in [1.82, 2.24) is 9.21 Å². The van der Waals surface area contributed by atoms with Crippen molar-refractivity contribution in [3.63, 3.8) is 0 Å². The van der Waals surface area contributed by atoms with Gasteiger partial charge in [0.1, 0.15) is 5.69 Å². The van der Waals surface area contributed by atoms with Crippen LogP contribution in [0.4, 0.5) is 11.4 Å². The van der Waals surface area contributed by atoms with Gasteiger partial charge in [0.15, 0.2) is 0 Å². The third-order valence-corrected chi connectivity index (χ3v) is 6.98. The molecule has 0 N–H and O–H groups in total. The number of nitro benzene ring substituents is 1. The van der Waals surface area contributed by atoms with E-state index in [0.717, 1.165) is 31.7 Å². The zero-order valence-electron chi connectivity index (χ0n) is 15.3. The number of carbonyl (C=O) groups excluding carboxylic acids is 1. The first-order valence-corrected chi connectivity index (χ1v) is 10.5. The van der Waals surface area contributed by atoms with E-state index in [-0.39, 0.29) is 28.7 Å². The minimum atomic E-state index is -3.74. The minimum Gasteiger partial charge on any atom is -0.360 e. The quantitative estimate of drug-likeness (QED) is 0.532. The molecule has 148 valence electrons. The molecule has 2 fully saturated rings. The van der Waals surface area contributed by atoms with Crippen molar-refractivity contribution in [2.45, 2.75) is 30.6 Å². The second-order valence-electron chi connectivity index (χ2n) is 6.96. The number of benzene rings is 1. The molecule has 0 aliphatic carbocycles. The Bertz CT molecular complexity index is 830. The molecule has 10 heteroatoms. The van der Waals surface area contributed by atoms with E-state index < -0.39 is 14.9 Å². The van der Waals surface area contributed by atoms with E-state index in [1.807, 2.05) is 0 Å². The van der Waals surface area contributed by atoms with Crippen LogP contribution in [-0.4, -0.2) is 68.2 Å². The Hall–Kier alpha value is -2.20. The molecule has 2 heterocycles. The Kier molecular flexibility index (Phi) is 5.66. The number of hydrogen-bond acceptors (Lipinski definition) is 6. The van der Waals surface area contributed by atoms with Crippen LogP contribution in [0.5, 0.6) is 0 Å². The maximum atomic E-state index is 12.7. The van der Waals surface area contributed by atoms with Crippen molar-refractivity contribution in [2.24, 2.45) is 0 Å². The summed E-state index contributed by atoms with van der Waals surface area (Å²) in [6.45, 7) is 2.30. The van der Waals surface area contributed by atoms with Gasteiger partial charge in [-0.3, -0.25) is 14.9 Å². The Morgan fingerprint density at radius 1 is 1.15 bits per heavy atom. The molecule has 0 unspecified atom stereocenters. The lowest BCUT2D eigenvalue weighted by molar-refractivity contribution is -0.384. The summed E-state index contributed by atoms with van der Waals surface area (Å²) in [5.41, 5.74) is -0.0834. The lowest BCUT2D eigenvalue weighted by Crippen LogP contribution is -2.37. The van der Waals surface area contributed by atoms with Gasteiger partial charge in [-0.2, -0.15) is 4.31 Å². The summed E-state index contributed by atoms with van der Waals surface area (Å²) in [4.78, 5) is 26.4. The maximum Gasteiger partial charge on any atom is 0.293 e. The number of nitro groups is 1. The normalized spacial score (nSPS) is 18.0. The highest BCUT2D eigenvalue weighted by atomic mass is 32.2. The fourth-order valence-electron chi connectivity index (χ4n) is 3.56. The molecule has 0 radical (unpaired) electrons. The Morgan fingerprint density at radius 2 is 1.74 bits per heavy atom. The molecule has 0 atom stereocenters. The zero-order valence-corrected chi connectivity index (χ0v) is 16.2. The van der Waals surface area contributed by atoms with Crippen LogP contribution in [-0.2, 0) is 14.8 Å². The fourth-order valence-corrected chi connectivity index (χ4v) is 5.10. The van der Waals surface area contributed by atoms with E-state index in [0.29, 0.717) is 26.2 Å². The third kappa shape index (κ3) is 4.06. The molecular weight excluding hydrogens is 372 g/mol. The molecule has 0 saturated carbocycles. The summed E-state index contributed by atoms with van der Waals surface area (Å²) in [5, 5.41) is 11.5. The van der Waals surface area contributed by atoms with Gasteiger partial charge in [-0.05, 0) is 37.8 Å². The van der Waals surface area contributed by atoms with Gasteiger partial charge in [-0.25, -0.2) is 8.42 Å². The van der Waals surface area contributed by atoms with E-state index in [9.17, 15) is 23.3 Å². The van der Waals surface area contributed by atoms with Crippen LogP contribution >= 0.6 is 0 Å². The number of likely N-dealkylation sites (tertiary alicyclic amines) is 1. The number of amides is 1. The highest BCUT2D eigenvalue weighted by Crippen LogP contribution is 2.32. The maximum absolute atomic E-state index is 12.7. The van der Waals surface area contributed by atoms with Crippen LogP contribution in [0.25, 0.3) is 0 Å². The highest BCUT2D eigenvalue weighted by molar-refractivity contribution is 7.89. The lowest BCUT2D eigenvalue weighted by atomic mass is 10.2. The summed E-state index contributed by atoms with van der Waals surface area (Å²) >= 11 is 0. The molecule has 9 nitrogen and oxygen atoms in total. The average Bonchev–Trinajstić information content (AvgIpc) is 3.34. The number of sulfonamides is 1. The molecule has 2 aliphatic heterocycles. The van der Waals surface area contributed by atoms with E-state index >= 15 is 0 Å². The van der Waals surface area contributed by atoms with Crippen molar-refractivity contribution >= 4 is 27.3 Å². The Morgan fingerprint density at radius 3 is 2.33 bits per heavy atom. The standard InChI is InChI=1S/C17H24N4O5S/c1-18(13-17(22)19-8-2-3-9-19)15-7-6-14(12-16(15)21(23)24)27(25,26)20-10-4-5-11-20/h6-7,12H,2-5,8-11,13H2,1H3. The average molecular weight is 396 g/mol. The van der Waals surface area contributed by atoms with Gasteiger partial charge in [0.05, 0.1) is 16.4 Å². The van der Waals surface area contributed by atoms with Crippen LogP contribution in [0.2, 0.25) is 0 Å². The van der Waals surface area contributed by atoms with Crippen molar-refractivity contribution < 1.29 is 18.1 Å². The lowest BCUT2D eigenvalue weighted by Gasteiger charge is -2.23. The molecule has 3 rings (SSSR count). The van der Waals surface area contributed by atoms with Crippen molar-refractivity contribution in [2.75, 3.05) is 44.7 Å². The summed E-state index contributed by atoms with van der Waals surface area (Å²) in [6.07, 6.45) is 3.53. The molecule has 2 saturated heterocycles. The van der Waals surface area contributed by atoms with Gasteiger partial charge in [-0.15, -0.1) is 0 Å². The molecule has 2 aliphatic rings. The Labute approximate surface area is 158 Å². The first-order valence-electron chi connectivity index (χ1n) is 9.08. The monoisotopic (exact) mass is 396 g/mol. The summed E-state index contributed by atoms with van der Waals surface area (Å²) in [6, 6.07) is 3.89. The SMILES string of the molecule is CN(CC(=O)N1CCCC1)c1ccc(S(=O)(=O)N2CCCC2)cc1[N+](=O)[O-]. The minimum absolute atomic E-state index is 0.0130. The number of rotatable bonds is 6. The van der Waals surface area contributed by atoms with Gasteiger partial charge in [-0.1, -0.05) is 0 Å². The first-order chi connectivity index (χ1) is 12.8. The van der Waals surface area contributed by atoms with Gasteiger partial charge < -0.3 is 9.80 Å². The third-order valence-electron chi connectivity index (χ3n) is 5.09. The molecule has 1 aromatic rings. The van der Waals surface area contributed by atoms with E-state index in [2.05, 4.69) is 0 Å². The molecule has 0 spiro atoms. The van der Waals surface area contributed by atoms with E-state index in [4.69, 9.17) is 0 Å². The summed E-state index contributed by atoms with van der Waals surface area (Å²) in [7, 11) is -2.14. The van der Waals surface area contributed by atoms with Crippen LogP contribution in [0.1, 0.15) is 25.7 Å². The Balaban J connectivity index is 1.85. The van der Waals surface area contributed by atoms with Crippen molar-refractivity contribution in [3.8, 4) is 0 Å². The number of hydrogen-bond donors (Lipinski definition) is 0. The van der Waals surface area contributed by atoms with Crippen molar-refractivity contribution in [3.05, 3.63) is 28.3 Å². The fraction of sp³-hybridized carbons (Fsp3) is 0.588. The zero-order chi connectivity index (χ0) is 19.6. The number of carbonyl (C=O) groups is 1. The molecule has 0 aromatic heterocycles. The van der Waals surface area contributed by atoms with E-state index in [1.165, 1.54) is 21.3 Å². The number of anilines is 1. The first kappa shape index (κ1) is 19.6. The molecule has 1 aromatic carbocycles. The molecule has 1 amide bonds. The van der Waals surface area contributed by atoms with Gasteiger partial charge in [0.25, 0.3) is 5.69 Å². The summed E-state index contributed by atoms with van der Waals surface area (Å²) < 4.78 is 26.7. The predicted molar refractivity (Wildman–Crippen MR) is 100 cm³/mol. The van der Waals surface area contributed by atoms with Crippen LogP contribution < -0.4 is 4.90 Å². The van der Waals surface area contributed by atoms with Gasteiger partial charge in [0.2, 0.25) is 15.9 Å². The number of nitrogens with zero attached hydrogens (tertiary/aromatic N) is 4. The second kappa shape index (κ2) is 7.81. The molecular formula is C17H24N4O5S. The second-order valence-corrected chi connectivity index (χ2v) is 8.90.